The third kappa shape index (κ3) is 6.90. The van der Waals surface area contributed by atoms with Gasteiger partial charge in [0, 0.05) is 4.47 Å². The van der Waals surface area contributed by atoms with E-state index in [0.29, 0.717) is 5.56 Å². The fourth-order valence-electron chi connectivity index (χ4n) is 2.38. The van der Waals surface area contributed by atoms with Gasteiger partial charge in [0.25, 0.3) is 5.91 Å². The average Bonchev–Trinajstić information content (AvgIpc) is 2.65. The van der Waals surface area contributed by atoms with E-state index in [2.05, 4.69) is 37.1 Å². The number of hydrazine groups is 1. The summed E-state index contributed by atoms with van der Waals surface area (Å²) in [6.07, 6.45) is -0.289. The molecule has 1 atom stereocenters. The van der Waals surface area contributed by atoms with Crippen molar-refractivity contribution in [3.8, 4) is 0 Å². The molecule has 2 aromatic carbocycles. The fraction of sp³-hybridized carbons (Fsp3) is 0.111. The van der Waals surface area contributed by atoms with Gasteiger partial charge in [-0.25, -0.2) is 15.2 Å². The van der Waals surface area contributed by atoms with Crippen molar-refractivity contribution in [3.63, 3.8) is 0 Å². The molecule has 11 heteroatoms. The number of rotatable bonds is 7. The smallest absolute Gasteiger partial charge is 0.336 e. The first-order chi connectivity index (χ1) is 13.8. The van der Waals surface area contributed by atoms with E-state index in [-0.39, 0.29) is 23.6 Å². The Morgan fingerprint density at radius 2 is 1.72 bits per heavy atom. The largest absolute Gasteiger partial charge is 0.481 e. The highest BCUT2D eigenvalue weighted by Crippen LogP contribution is 2.20. The molecule has 0 spiro atoms. The molecule has 2 aromatic rings. The number of aliphatic carboxylic acids is 1. The number of urea groups is 1. The molecule has 10 nitrogen and oxygen atoms in total. The number of guanidine groups is 1. The maximum atomic E-state index is 12.3. The molecule has 0 fully saturated rings. The molecular weight excluding hydrogens is 444 g/mol. The number of para-hydroxylation sites is 1. The van der Waals surface area contributed by atoms with E-state index in [9.17, 15) is 14.4 Å². The molecule has 0 heterocycles. The standard InChI is InChI=1S/C18H19BrN6O4/c19-11-7-5-10(6-8-11)14(9-15(26)27)24-25-18(29)23-16(28)12-3-1-2-4-13(12)22-17(20)21/h1-8,14,24H,9H2,(H,26,27)(H4,20,21,22)(H2,23,25,28,29). The van der Waals surface area contributed by atoms with Crippen LogP contribution in [0.5, 0.6) is 0 Å². The van der Waals surface area contributed by atoms with Crippen molar-refractivity contribution in [3.05, 3.63) is 64.1 Å². The Kier molecular flexibility index (Phi) is 7.69. The number of nitrogens with zero attached hydrogens (tertiary/aromatic N) is 1. The first-order valence-corrected chi connectivity index (χ1v) is 9.08. The van der Waals surface area contributed by atoms with Crippen LogP contribution in [0.25, 0.3) is 0 Å². The van der Waals surface area contributed by atoms with Crippen molar-refractivity contribution in [2.24, 2.45) is 16.5 Å². The lowest BCUT2D eigenvalue weighted by Crippen LogP contribution is -2.48. The summed E-state index contributed by atoms with van der Waals surface area (Å²) in [6, 6.07) is 11.5. The number of carboxylic acids is 1. The first-order valence-electron chi connectivity index (χ1n) is 8.29. The summed E-state index contributed by atoms with van der Waals surface area (Å²) in [7, 11) is 0. The Hall–Kier alpha value is -3.44. The number of halogens is 1. The second-order valence-corrected chi connectivity index (χ2v) is 6.72. The number of carbonyl (C=O) groups is 3. The van der Waals surface area contributed by atoms with Crippen LogP contribution in [0.1, 0.15) is 28.4 Å². The van der Waals surface area contributed by atoms with Crippen molar-refractivity contribution >= 4 is 45.5 Å². The Bertz CT molecular complexity index is 928. The van der Waals surface area contributed by atoms with Gasteiger partial charge < -0.3 is 16.6 Å². The maximum Gasteiger partial charge on any atom is 0.336 e. The third-order valence-corrected chi connectivity index (χ3v) is 4.17. The van der Waals surface area contributed by atoms with Crippen LogP contribution >= 0.6 is 15.9 Å². The Morgan fingerprint density at radius 1 is 1.07 bits per heavy atom. The highest BCUT2D eigenvalue weighted by Gasteiger charge is 2.18. The van der Waals surface area contributed by atoms with E-state index in [1.54, 1.807) is 36.4 Å². The molecule has 0 aliphatic carbocycles. The molecule has 0 radical (unpaired) electrons. The van der Waals surface area contributed by atoms with Gasteiger partial charge in [0.1, 0.15) is 0 Å². The van der Waals surface area contributed by atoms with Gasteiger partial charge in [-0.15, -0.1) is 0 Å². The molecule has 29 heavy (non-hydrogen) atoms. The molecule has 1 unspecified atom stereocenters. The molecule has 0 saturated heterocycles. The lowest BCUT2D eigenvalue weighted by Gasteiger charge is -2.18. The number of benzene rings is 2. The zero-order valence-corrected chi connectivity index (χ0v) is 16.6. The number of carbonyl (C=O) groups excluding carboxylic acids is 2. The second-order valence-electron chi connectivity index (χ2n) is 5.81. The molecule has 0 saturated carbocycles. The second kappa shape index (κ2) is 10.2. The van der Waals surface area contributed by atoms with Crippen LogP contribution in [0, 0.1) is 0 Å². The lowest BCUT2D eigenvalue weighted by atomic mass is 10.0. The van der Waals surface area contributed by atoms with Crippen molar-refractivity contribution < 1.29 is 19.5 Å². The van der Waals surface area contributed by atoms with Gasteiger partial charge in [-0.2, -0.15) is 0 Å². The molecule has 3 amide bonds. The van der Waals surface area contributed by atoms with Gasteiger partial charge in [-0.05, 0) is 29.8 Å². The molecule has 0 aliphatic heterocycles. The summed E-state index contributed by atoms with van der Waals surface area (Å²) in [6.45, 7) is 0. The van der Waals surface area contributed by atoms with E-state index in [4.69, 9.17) is 16.6 Å². The van der Waals surface area contributed by atoms with E-state index >= 15 is 0 Å². The molecular formula is C18H19BrN6O4. The summed E-state index contributed by atoms with van der Waals surface area (Å²) in [5, 5.41) is 11.2. The van der Waals surface area contributed by atoms with Gasteiger partial charge >= 0.3 is 12.0 Å². The van der Waals surface area contributed by atoms with Gasteiger partial charge in [-0.3, -0.25) is 20.3 Å². The normalized spacial score (nSPS) is 11.2. The van der Waals surface area contributed by atoms with Crippen molar-refractivity contribution in [2.75, 3.05) is 0 Å². The Balaban J connectivity index is 2.04. The number of hydrogen-bond acceptors (Lipinski definition) is 5. The SMILES string of the molecule is NC(N)=Nc1ccccc1C(=O)NC(=O)NNC(CC(=O)O)c1ccc(Br)cc1. The summed E-state index contributed by atoms with van der Waals surface area (Å²) >= 11 is 3.30. The zero-order valence-electron chi connectivity index (χ0n) is 15.1. The van der Waals surface area contributed by atoms with Crippen LogP contribution in [0.15, 0.2) is 58.0 Å². The monoisotopic (exact) mass is 462 g/mol. The van der Waals surface area contributed by atoms with Crippen molar-refractivity contribution in [1.29, 1.82) is 0 Å². The zero-order chi connectivity index (χ0) is 21.4. The minimum absolute atomic E-state index is 0.0889. The average molecular weight is 463 g/mol. The Morgan fingerprint density at radius 3 is 2.34 bits per heavy atom. The molecule has 2 rings (SSSR count). The van der Waals surface area contributed by atoms with Crippen LogP contribution in [-0.4, -0.2) is 29.0 Å². The van der Waals surface area contributed by atoms with Gasteiger partial charge in [0.2, 0.25) is 0 Å². The predicted octanol–water partition coefficient (Wildman–Crippen LogP) is 1.51. The molecule has 0 bridgehead atoms. The Labute approximate surface area is 174 Å². The van der Waals surface area contributed by atoms with Crippen molar-refractivity contribution in [1.82, 2.24) is 16.2 Å². The summed E-state index contributed by atoms with van der Waals surface area (Å²) in [5.41, 5.74) is 16.5. The number of nitrogens with two attached hydrogens (primary N) is 2. The minimum Gasteiger partial charge on any atom is -0.481 e. The highest BCUT2D eigenvalue weighted by molar-refractivity contribution is 9.10. The predicted molar refractivity (Wildman–Crippen MR) is 110 cm³/mol. The number of amides is 3. The van der Waals surface area contributed by atoms with Crippen LogP contribution in [-0.2, 0) is 4.79 Å². The molecule has 0 aromatic heterocycles. The minimum atomic E-state index is -1.06. The molecule has 0 aliphatic rings. The van der Waals surface area contributed by atoms with Crippen LogP contribution in [0.2, 0.25) is 0 Å². The van der Waals surface area contributed by atoms with Crippen LogP contribution < -0.4 is 27.6 Å². The van der Waals surface area contributed by atoms with E-state index in [1.165, 1.54) is 12.1 Å². The van der Waals surface area contributed by atoms with E-state index in [1.807, 2.05) is 0 Å². The highest BCUT2D eigenvalue weighted by atomic mass is 79.9. The third-order valence-electron chi connectivity index (χ3n) is 3.64. The number of carboxylic acid groups (broad SMARTS) is 1. The summed E-state index contributed by atoms with van der Waals surface area (Å²) in [4.78, 5) is 39.4. The number of nitrogens with one attached hydrogen (secondary N) is 3. The van der Waals surface area contributed by atoms with Crippen LogP contribution in [0.4, 0.5) is 10.5 Å². The van der Waals surface area contributed by atoms with Gasteiger partial charge in [0.05, 0.1) is 23.7 Å². The topological polar surface area (TPSA) is 172 Å². The fourth-order valence-corrected chi connectivity index (χ4v) is 2.64. The van der Waals surface area contributed by atoms with E-state index < -0.39 is 23.9 Å². The van der Waals surface area contributed by atoms with E-state index in [0.717, 1.165) is 4.47 Å². The number of aliphatic imine (C=N–C) groups is 1. The quantitative estimate of drug-likeness (QED) is 0.205. The number of imide groups is 1. The summed E-state index contributed by atoms with van der Waals surface area (Å²) in [5.74, 6) is -2.03. The number of hydrogen-bond donors (Lipinski definition) is 6. The molecule has 152 valence electrons. The van der Waals surface area contributed by atoms with Crippen molar-refractivity contribution in [2.45, 2.75) is 12.5 Å². The molecule has 8 N–H and O–H groups in total. The lowest BCUT2D eigenvalue weighted by molar-refractivity contribution is -0.137. The van der Waals surface area contributed by atoms with Gasteiger partial charge in [0.15, 0.2) is 5.96 Å². The summed E-state index contributed by atoms with van der Waals surface area (Å²) < 4.78 is 0.825. The maximum absolute atomic E-state index is 12.3. The van der Waals surface area contributed by atoms with Crippen LogP contribution in [0.3, 0.4) is 0 Å². The first kappa shape index (κ1) is 21.9. The van der Waals surface area contributed by atoms with Gasteiger partial charge in [-0.1, -0.05) is 40.2 Å².